The van der Waals surface area contributed by atoms with Gasteiger partial charge in [-0.2, -0.15) is 0 Å². The van der Waals surface area contributed by atoms with Crippen molar-refractivity contribution in [3.05, 3.63) is 68.5 Å². The third-order valence-electron chi connectivity index (χ3n) is 3.89. The number of nitro groups is 1. The highest BCUT2D eigenvalue weighted by Gasteiger charge is 2.50. The Morgan fingerprint density at radius 2 is 2.13 bits per heavy atom. The second kappa shape index (κ2) is 5.85. The van der Waals surface area contributed by atoms with Gasteiger partial charge in [-0.15, -0.1) is 11.3 Å². The zero-order valence-corrected chi connectivity index (χ0v) is 13.1. The molecule has 0 unspecified atom stereocenters. The van der Waals surface area contributed by atoms with Crippen LogP contribution in [0.5, 0.6) is 0 Å². The number of H-pyrrole nitrogens is 1. The number of hydrogen-bond donors (Lipinski definition) is 1. The molecular weight excluding hydrogens is 316 g/mol. The number of carbonyl (C=O) groups is 1. The third kappa shape index (κ3) is 2.39. The number of fused-ring (bicyclic) bond motifs is 1. The highest BCUT2D eigenvalue weighted by Crippen LogP contribution is 2.40. The molecule has 0 spiro atoms. The second-order valence-corrected chi connectivity index (χ2v) is 6.06. The summed E-state index contributed by atoms with van der Waals surface area (Å²) in [5.41, 5.74) is -0.0961. The molecule has 2 aromatic heterocycles. The van der Waals surface area contributed by atoms with E-state index in [1.165, 1.54) is 18.4 Å². The Balaban J connectivity index is 2.34. The van der Waals surface area contributed by atoms with Crippen LogP contribution in [0.2, 0.25) is 0 Å². The van der Waals surface area contributed by atoms with E-state index in [1.807, 2.05) is 24.3 Å². The maximum absolute atomic E-state index is 12.7. The van der Waals surface area contributed by atoms with Gasteiger partial charge in [-0.1, -0.05) is 24.3 Å². The minimum Gasteiger partial charge on any atom is -0.468 e. The van der Waals surface area contributed by atoms with Crippen molar-refractivity contribution in [3.8, 4) is 0 Å². The van der Waals surface area contributed by atoms with Gasteiger partial charge in [0.1, 0.15) is 0 Å². The molecular formula is C16H14N2O4S. The topological polar surface area (TPSA) is 85.2 Å². The van der Waals surface area contributed by atoms with Crippen molar-refractivity contribution >= 4 is 28.2 Å². The summed E-state index contributed by atoms with van der Waals surface area (Å²) in [6.45, 7) is -0.567. The van der Waals surface area contributed by atoms with Gasteiger partial charge >= 0.3 is 5.97 Å². The number of benzene rings is 1. The molecule has 0 saturated heterocycles. The van der Waals surface area contributed by atoms with E-state index in [2.05, 4.69) is 4.98 Å². The first-order valence-corrected chi connectivity index (χ1v) is 7.78. The van der Waals surface area contributed by atoms with Crippen LogP contribution in [0.3, 0.4) is 0 Å². The minimum atomic E-state index is -1.47. The molecule has 0 bridgehead atoms. The number of rotatable bonds is 5. The zero-order valence-electron chi connectivity index (χ0n) is 12.3. The van der Waals surface area contributed by atoms with E-state index in [0.29, 0.717) is 10.4 Å². The summed E-state index contributed by atoms with van der Waals surface area (Å²) in [7, 11) is 1.25. The summed E-state index contributed by atoms with van der Waals surface area (Å²) in [4.78, 5) is 27.2. The molecule has 3 rings (SSSR count). The first-order valence-electron chi connectivity index (χ1n) is 6.90. The van der Waals surface area contributed by atoms with Crippen LogP contribution in [0, 0.1) is 10.1 Å². The lowest BCUT2D eigenvalue weighted by molar-refractivity contribution is -0.486. The molecule has 6 nitrogen and oxygen atoms in total. The van der Waals surface area contributed by atoms with Crippen molar-refractivity contribution in [2.45, 2.75) is 5.41 Å². The Bertz CT molecular complexity index is 856. The fourth-order valence-corrected chi connectivity index (χ4v) is 3.80. The number of nitrogens with one attached hydrogen (secondary N) is 1. The first-order chi connectivity index (χ1) is 11.1. The molecule has 0 amide bonds. The molecule has 0 saturated carbocycles. The van der Waals surface area contributed by atoms with Crippen LogP contribution in [0.15, 0.2) is 48.0 Å². The smallest absolute Gasteiger partial charge is 0.328 e. The first kappa shape index (κ1) is 15.2. The largest absolute Gasteiger partial charge is 0.468 e. The fourth-order valence-electron chi connectivity index (χ4n) is 2.88. The highest BCUT2D eigenvalue weighted by atomic mass is 32.1. The Morgan fingerprint density at radius 3 is 2.78 bits per heavy atom. The molecule has 1 atom stereocenters. The average molecular weight is 330 g/mol. The third-order valence-corrected chi connectivity index (χ3v) is 4.92. The van der Waals surface area contributed by atoms with Gasteiger partial charge in [-0.3, -0.25) is 14.9 Å². The van der Waals surface area contributed by atoms with Crippen LogP contribution in [0.4, 0.5) is 0 Å². The van der Waals surface area contributed by atoms with E-state index in [4.69, 9.17) is 4.74 Å². The molecule has 1 N–H and O–H groups in total. The number of thiophene rings is 1. The lowest BCUT2D eigenvalue weighted by atomic mass is 9.78. The van der Waals surface area contributed by atoms with Crippen LogP contribution >= 0.6 is 11.3 Å². The van der Waals surface area contributed by atoms with Gasteiger partial charge in [-0.05, 0) is 17.5 Å². The number of nitrogens with zero attached hydrogens (tertiary/aromatic N) is 1. The average Bonchev–Trinajstić information content (AvgIpc) is 3.21. The number of esters is 1. The summed E-state index contributed by atoms with van der Waals surface area (Å²) in [5, 5.41) is 13.9. The van der Waals surface area contributed by atoms with Gasteiger partial charge in [-0.25, -0.2) is 0 Å². The SMILES string of the molecule is COC(=O)[C@](C[N+](=O)[O-])(c1cccs1)c1c[nH]c2ccccc12. The molecule has 0 aliphatic carbocycles. The number of methoxy groups -OCH3 is 1. The van der Waals surface area contributed by atoms with Gasteiger partial charge < -0.3 is 9.72 Å². The fraction of sp³-hybridized carbons (Fsp3) is 0.188. The summed E-state index contributed by atoms with van der Waals surface area (Å²) in [6.07, 6.45) is 1.66. The van der Waals surface area contributed by atoms with Gasteiger partial charge in [0.25, 0.3) is 0 Å². The number of hydrogen-bond acceptors (Lipinski definition) is 5. The van der Waals surface area contributed by atoms with Crippen LogP contribution in [0.1, 0.15) is 10.4 Å². The van der Waals surface area contributed by atoms with Gasteiger partial charge in [0.15, 0.2) is 5.41 Å². The molecule has 3 aromatic rings. The number of ether oxygens (including phenoxy) is 1. The summed E-state index contributed by atoms with van der Waals surface area (Å²) >= 11 is 1.30. The van der Waals surface area contributed by atoms with Crippen LogP contribution in [-0.4, -0.2) is 29.5 Å². The van der Waals surface area contributed by atoms with E-state index in [0.717, 1.165) is 10.9 Å². The summed E-state index contributed by atoms with van der Waals surface area (Å²) in [6, 6.07) is 10.9. The highest BCUT2D eigenvalue weighted by molar-refractivity contribution is 7.10. The standard InChI is InChI=1S/C16H14N2O4S/c1-22-15(19)16(10-18(20)21,14-7-4-8-23-14)12-9-17-13-6-3-2-5-11(12)13/h2-9,17H,10H2,1H3/t16-/m0/s1. The van der Waals surface area contributed by atoms with Crippen molar-refractivity contribution in [2.75, 3.05) is 13.7 Å². The second-order valence-electron chi connectivity index (χ2n) is 5.11. The van der Waals surface area contributed by atoms with E-state index in [1.54, 1.807) is 23.7 Å². The van der Waals surface area contributed by atoms with E-state index < -0.39 is 22.9 Å². The molecule has 118 valence electrons. The predicted molar refractivity (Wildman–Crippen MR) is 87.3 cm³/mol. The van der Waals surface area contributed by atoms with E-state index >= 15 is 0 Å². The van der Waals surface area contributed by atoms with Crippen LogP contribution in [-0.2, 0) is 14.9 Å². The summed E-state index contributed by atoms with van der Waals surface area (Å²) < 4.78 is 4.96. The van der Waals surface area contributed by atoms with Crippen molar-refractivity contribution in [1.82, 2.24) is 4.98 Å². The Kier molecular flexibility index (Phi) is 3.87. The molecule has 1 aromatic carbocycles. The van der Waals surface area contributed by atoms with Crippen molar-refractivity contribution in [2.24, 2.45) is 0 Å². The number of aromatic nitrogens is 1. The number of para-hydroxylation sites is 1. The van der Waals surface area contributed by atoms with Gasteiger partial charge in [0, 0.05) is 32.5 Å². The molecule has 2 heterocycles. The molecule has 0 aliphatic rings. The molecule has 0 fully saturated rings. The van der Waals surface area contributed by atoms with Crippen molar-refractivity contribution in [3.63, 3.8) is 0 Å². The van der Waals surface area contributed by atoms with Crippen LogP contribution in [0.25, 0.3) is 10.9 Å². The lowest BCUT2D eigenvalue weighted by Crippen LogP contribution is -2.43. The van der Waals surface area contributed by atoms with Crippen molar-refractivity contribution < 1.29 is 14.5 Å². The van der Waals surface area contributed by atoms with Crippen molar-refractivity contribution in [1.29, 1.82) is 0 Å². The quantitative estimate of drug-likeness (QED) is 0.443. The normalized spacial score (nSPS) is 13.6. The maximum atomic E-state index is 12.7. The Morgan fingerprint density at radius 1 is 1.35 bits per heavy atom. The van der Waals surface area contributed by atoms with Crippen LogP contribution < -0.4 is 0 Å². The maximum Gasteiger partial charge on any atom is 0.328 e. The molecule has 0 radical (unpaired) electrons. The van der Waals surface area contributed by atoms with E-state index in [9.17, 15) is 14.9 Å². The van der Waals surface area contributed by atoms with Gasteiger partial charge in [0.2, 0.25) is 6.54 Å². The predicted octanol–water partition coefficient (Wildman–Crippen LogP) is 2.97. The Hall–Kier alpha value is -2.67. The minimum absolute atomic E-state index is 0.474. The Labute approximate surface area is 135 Å². The monoisotopic (exact) mass is 330 g/mol. The zero-order chi connectivity index (χ0) is 16.4. The van der Waals surface area contributed by atoms with Gasteiger partial charge in [0.05, 0.1) is 7.11 Å². The lowest BCUT2D eigenvalue weighted by Gasteiger charge is -2.26. The molecule has 23 heavy (non-hydrogen) atoms. The summed E-state index contributed by atoms with van der Waals surface area (Å²) in [5.74, 6) is -0.638. The molecule has 7 heteroatoms. The van der Waals surface area contributed by atoms with E-state index in [-0.39, 0.29) is 0 Å². The number of carbonyl (C=O) groups excluding carboxylic acids is 1. The number of aromatic amines is 1. The molecule has 0 aliphatic heterocycles.